The summed E-state index contributed by atoms with van der Waals surface area (Å²) >= 11 is 6.75. The van der Waals surface area contributed by atoms with E-state index in [-0.39, 0.29) is 12.3 Å². The summed E-state index contributed by atoms with van der Waals surface area (Å²) in [5.41, 5.74) is 5.99. The fourth-order valence-electron chi connectivity index (χ4n) is 1.83. The molecule has 1 saturated heterocycles. The normalized spacial score (nSPS) is 19.8. The number of nitrogens with zero attached hydrogens (tertiary/aromatic N) is 1. The summed E-state index contributed by atoms with van der Waals surface area (Å²) in [7, 11) is 0. The van der Waals surface area contributed by atoms with Gasteiger partial charge in [0.2, 0.25) is 11.8 Å². The van der Waals surface area contributed by atoms with E-state index in [1.165, 1.54) is 0 Å². The Balaban J connectivity index is 2.29. The van der Waals surface area contributed by atoms with Crippen LogP contribution < -0.4 is 10.6 Å². The predicted molar refractivity (Wildman–Crippen MR) is 71.5 cm³/mol. The second-order valence-corrected chi connectivity index (χ2v) is 5.67. The van der Waals surface area contributed by atoms with Crippen molar-refractivity contribution in [2.45, 2.75) is 6.42 Å². The molecule has 90 valence electrons. The van der Waals surface area contributed by atoms with Crippen molar-refractivity contribution in [3.05, 3.63) is 27.1 Å². The fourth-order valence-corrected chi connectivity index (χ4v) is 3.09. The third-order valence-electron chi connectivity index (χ3n) is 2.73. The van der Waals surface area contributed by atoms with Gasteiger partial charge in [0.1, 0.15) is 0 Å². The maximum Gasteiger partial charge on any atom is 0.227 e. The summed E-state index contributed by atoms with van der Waals surface area (Å²) in [5, 5.41) is 0. The SMILES string of the molecule is NC(=O)C1CC(=O)N(c2ccc(Br)cc2Br)C1. The second-order valence-electron chi connectivity index (χ2n) is 3.90. The summed E-state index contributed by atoms with van der Waals surface area (Å²) in [6.07, 6.45) is 0.192. The zero-order valence-electron chi connectivity index (χ0n) is 8.82. The van der Waals surface area contributed by atoms with Gasteiger partial charge in [-0.1, -0.05) is 15.9 Å². The first-order chi connectivity index (χ1) is 7.99. The van der Waals surface area contributed by atoms with Crippen molar-refractivity contribution in [1.29, 1.82) is 0 Å². The van der Waals surface area contributed by atoms with Crippen LogP contribution >= 0.6 is 31.9 Å². The van der Waals surface area contributed by atoms with Crippen LogP contribution in [0.1, 0.15) is 6.42 Å². The minimum absolute atomic E-state index is 0.0724. The Morgan fingerprint density at radius 1 is 1.41 bits per heavy atom. The molecular formula is C11H10Br2N2O2. The molecule has 2 amide bonds. The van der Waals surface area contributed by atoms with Crippen molar-refractivity contribution in [2.24, 2.45) is 11.7 Å². The molecule has 6 heteroatoms. The highest BCUT2D eigenvalue weighted by atomic mass is 79.9. The van der Waals surface area contributed by atoms with E-state index in [1.807, 2.05) is 18.2 Å². The van der Waals surface area contributed by atoms with Gasteiger partial charge in [-0.15, -0.1) is 0 Å². The second kappa shape index (κ2) is 4.78. The highest BCUT2D eigenvalue weighted by Gasteiger charge is 2.34. The van der Waals surface area contributed by atoms with Crippen LogP contribution in [0.2, 0.25) is 0 Å². The number of primary amides is 1. The van der Waals surface area contributed by atoms with Crippen molar-refractivity contribution in [1.82, 2.24) is 0 Å². The van der Waals surface area contributed by atoms with Gasteiger partial charge in [0, 0.05) is 21.9 Å². The van der Waals surface area contributed by atoms with Crippen molar-refractivity contribution < 1.29 is 9.59 Å². The Morgan fingerprint density at radius 2 is 2.12 bits per heavy atom. The first-order valence-electron chi connectivity index (χ1n) is 5.04. The fraction of sp³-hybridized carbons (Fsp3) is 0.273. The molecule has 1 aliphatic heterocycles. The molecule has 0 aromatic heterocycles. The van der Waals surface area contributed by atoms with Gasteiger partial charge in [0.05, 0.1) is 11.6 Å². The molecule has 1 aliphatic rings. The van der Waals surface area contributed by atoms with Crippen molar-refractivity contribution in [2.75, 3.05) is 11.4 Å². The molecule has 4 nitrogen and oxygen atoms in total. The molecular weight excluding hydrogens is 352 g/mol. The average molecular weight is 362 g/mol. The number of hydrogen-bond donors (Lipinski definition) is 1. The quantitative estimate of drug-likeness (QED) is 0.876. The highest BCUT2D eigenvalue weighted by Crippen LogP contribution is 2.33. The molecule has 1 fully saturated rings. The topological polar surface area (TPSA) is 63.4 Å². The van der Waals surface area contributed by atoms with E-state index in [2.05, 4.69) is 31.9 Å². The molecule has 1 heterocycles. The van der Waals surface area contributed by atoms with Crippen LogP contribution in [0, 0.1) is 5.92 Å². The van der Waals surface area contributed by atoms with Gasteiger partial charge in [0.25, 0.3) is 0 Å². The Bertz CT molecular complexity index is 490. The lowest BCUT2D eigenvalue weighted by Crippen LogP contribution is -2.28. The number of hydrogen-bond acceptors (Lipinski definition) is 2. The molecule has 0 saturated carbocycles. The zero-order valence-corrected chi connectivity index (χ0v) is 12.0. The Labute approximate surface area is 115 Å². The van der Waals surface area contributed by atoms with Gasteiger partial charge in [0.15, 0.2) is 0 Å². The minimum atomic E-state index is -0.422. The summed E-state index contributed by atoms with van der Waals surface area (Å²) in [4.78, 5) is 24.5. The van der Waals surface area contributed by atoms with Crippen LogP contribution in [0.25, 0.3) is 0 Å². The molecule has 0 radical (unpaired) electrons. The number of benzene rings is 1. The van der Waals surface area contributed by atoms with Crippen LogP contribution in [-0.2, 0) is 9.59 Å². The molecule has 1 aromatic rings. The molecule has 1 unspecified atom stereocenters. The van der Waals surface area contributed by atoms with Gasteiger partial charge < -0.3 is 10.6 Å². The minimum Gasteiger partial charge on any atom is -0.369 e. The highest BCUT2D eigenvalue weighted by molar-refractivity contribution is 9.11. The van der Waals surface area contributed by atoms with E-state index >= 15 is 0 Å². The molecule has 2 rings (SSSR count). The smallest absolute Gasteiger partial charge is 0.227 e. The number of nitrogens with two attached hydrogens (primary N) is 1. The zero-order chi connectivity index (χ0) is 12.6. The number of carbonyl (C=O) groups is 2. The monoisotopic (exact) mass is 360 g/mol. The van der Waals surface area contributed by atoms with E-state index in [0.29, 0.717) is 6.54 Å². The van der Waals surface area contributed by atoms with Gasteiger partial charge in [-0.3, -0.25) is 9.59 Å². The van der Waals surface area contributed by atoms with Gasteiger partial charge in [-0.2, -0.15) is 0 Å². The summed E-state index contributed by atoms with van der Waals surface area (Å²) in [5.74, 6) is -0.885. The molecule has 2 N–H and O–H groups in total. The third-order valence-corrected chi connectivity index (χ3v) is 3.86. The maximum absolute atomic E-state index is 11.8. The van der Waals surface area contributed by atoms with Gasteiger partial charge in [-0.05, 0) is 34.1 Å². The lowest BCUT2D eigenvalue weighted by Gasteiger charge is -2.18. The Hall–Kier alpha value is -0.880. The van der Waals surface area contributed by atoms with Crippen molar-refractivity contribution in [3.8, 4) is 0 Å². The van der Waals surface area contributed by atoms with E-state index in [9.17, 15) is 9.59 Å². The van der Waals surface area contributed by atoms with Crippen LogP contribution in [0.5, 0.6) is 0 Å². The van der Waals surface area contributed by atoms with E-state index < -0.39 is 11.8 Å². The lowest BCUT2D eigenvalue weighted by atomic mass is 10.1. The molecule has 0 spiro atoms. The first-order valence-corrected chi connectivity index (χ1v) is 6.62. The standard InChI is InChI=1S/C11H10Br2N2O2/c12-7-1-2-9(8(13)4-7)15-5-6(11(14)17)3-10(15)16/h1-2,4,6H,3,5H2,(H2,14,17). The number of anilines is 1. The largest absolute Gasteiger partial charge is 0.369 e. The lowest BCUT2D eigenvalue weighted by molar-refractivity contribution is -0.123. The van der Waals surface area contributed by atoms with E-state index in [4.69, 9.17) is 5.73 Å². The average Bonchev–Trinajstić information content (AvgIpc) is 2.61. The number of halogens is 2. The van der Waals surface area contributed by atoms with E-state index in [0.717, 1.165) is 14.6 Å². The molecule has 1 aromatic carbocycles. The summed E-state index contributed by atoms with van der Waals surface area (Å²) in [6, 6.07) is 5.54. The van der Waals surface area contributed by atoms with Gasteiger partial charge >= 0.3 is 0 Å². The summed E-state index contributed by atoms with van der Waals surface area (Å²) in [6.45, 7) is 0.356. The van der Waals surface area contributed by atoms with Crippen LogP contribution in [0.15, 0.2) is 27.1 Å². The Morgan fingerprint density at radius 3 is 2.65 bits per heavy atom. The summed E-state index contributed by atoms with van der Waals surface area (Å²) < 4.78 is 1.73. The molecule has 0 bridgehead atoms. The predicted octanol–water partition coefficient (Wildman–Crippen LogP) is 2.05. The number of carbonyl (C=O) groups excluding carboxylic acids is 2. The van der Waals surface area contributed by atoms with Crippen LogP contribution in [0.4, 0.5) is 5.69 Å². The molecule has 17 heavy (non-hydrogen) atoms. The molecule has 0 aliphatic carbocycles. The van der Waals surface area contributed by atoms with Crippen LogP contribution in [0.3, 0.4) is 0 Å². The van der Waals surface area contributed by atoms with Gasteiger partial charge in [-0.25, -0.2) is 0 Å². The third kappa shape index (κ3) is 2.52. The van der Waals surface area contributed by atoms with Crippen molar-refractivity contribution in [3.63, 3.8) is 0 Å². The first kappa shape index (κ1) is 12.6. The van der Waals surface area contributed by atoms with Crippen molar-refractivity contribution >= 4 is 49.4 Å². The van der Waals surface area contributed by atoms with Crippen LogP contribution in [-0.4, -0.2) is 18.4 Å². The van der Waals surface area contributed by atoms with E-state index in [1.54, 1.807) is 4.90 Å². The number of rotatable bonds is 2. The number of amides is 2. The maximum atomic E-state index is 11.8. The Kier molecular flexibility index (Phi) is 3.53. The molecule has 1 atom stereocenters.